The third-order valence-corrected chi connectivity index (χ3v) is 4.29. The van der Waals surface area contributed by atoms with E-state index in [2.05, 4.69) is 40.3 Å². The molecule has 2 heterocycles. The van der Waals surface area contributed by atoms with Crippen molar-refractivity contribution in [3.63, 3.8) is 0 Å². The molecule has 2 N–H and O–H groups in total. The van der Waals surface area contributed by atoms with E-state index in [4.69, 9.17) is 10.5 Å². The maximum atomic E-state index is 5.80. The van der Waals surface area contributed by atoms with Gasteiger partial charge in [0, 0.05) is 22.4 Å². The molecule has 21 heavy (non-hydrogen) atoms. The molecule has 0 saturated carbocycles. The van der Waals surface area contributed by atoms with Gasteiger partial charge in [-0.05, 0) is 24.6 Å². The first kappa shape index (κ1) is 14.0. The molecular formula is C17H18N2OS. The lowest BCUT2D eigenvalue weighted by atomic mass is 10.2. The molecule has 1 aliphatic rings. The predicted molar refractivity (Wildman–Crippen MR) is 87.9 cm³/mol. The summed E-state index contributed by atoms with van der Waals surface area (Å²) in [4.78, 5) is 3.70. The van der Waals surface area contributed by atoms with E-state index < -0.39 is 0 Å². The third kappa shape index (κ3) is 3.38. The summed E-state index contributed by atoms with van der Waals surface area (Å²) in [5.41, 5.74) is 7.64. The van der Waals surface area contributed by atoms with Gasteiger partial charge >= 0.3 is 0 Å². The molecule has 0 unspecified atom stereocenters. The highest BCUT2D eigenvalue weighted by molar-refractivity contribution is 7.10. The van der Waals surface area contributed by atoms with Crippen molar-refractivity contribution < 1.29 is 4.74 Å². The molecule has 0 amide bonds. The first-order chi connectivity index (χ1) is 10.4. The van der Waals surface area contributed by atoms with Crippen LogP contribution < -0.4 is 15.4 Å². The second-order valence-corrected chi connectivity index (χ2v) is 5.89. The number of fused-ring (bicyclic) bond motifs is 1. The summed E-state index contributed by atoms with van der Waals surface area (Å²) in [5, 5.41) is 2.10. The molecule has 0 aliphatic carbocycles. The van der Waals surface area contributed by atoms with Crippen molar-refractivity contribution in [3.8, 4) is 17.6 Å². The summed E-state index contributed by atoms with van der Waals surface area (Å²) in [5.74, 6) is 6.96. The standard InChI is InChI=1S/C17H18N2OS/c18-8-3-5-14-11-15(21-13-14)12-19-9-4-10-20-17-7-2-1-6-16(17)19/h1-2,6-7,11,13H,4,8-10,12,18H2. The molecule has 0 radical (unpaired) electrons. The van der Waals surface area contributed by atoms with Gasteiger partial charge in [-0.1, -0.05) is 24.0 Å². The Morgan fingerprint density at radius 2 is 2.24 bits per heavy atom. The van der Waals surface area contributed by atoms with E-state index in [1.54, 1.807) is 11.3 Å². The van der Waals surface area contributed by atoms with Gasteiger partial charge in [0.25, 0.3) is 0 Å². The van der Waals surface area contributed by atoms with Crippen LogP contribution in [-0.2, 0) is 6.54 Å². The van der Waals surface area contributed by atoms with E-state index in [-0.39, 0.29) is 0 Å². The van der Waals surface area contributed by atoms with Gasteiger partial charge in [-0.15, -0.1) is 11.3 Å². The average Bonchev–Trinajstić information content (AvgIpc) is 2.86. The summed E-state index contributed by atoms with van der Waals surface area (Å²) in [7, 11) is 0. The van der Waals surface area contributed by atoms with Crippen LogP contribution in [0.2, 0.25) is 0 Å². The molecule has 0 saturated heterocycles. The summed E-state index contributed by atoms with van der Waals surface area (Å²) in [6, 6.07) is 10.4. The molecule has 3 rings (SSSR count). The van der Waals surface area contributed by atoms with Gasteiger partial charge in [-0.25, -0.2) is 0 Å². The number of hydrogen-bond donors (Lipinski definition) is 1. The molecule has 4 heteroatoms. The molecule has 0 fully saturated rings. The first-order valence-electron chi connectivity index (χ1n) is 7.10. The maximum Gasteiger partial charge on any atom is 0.142 e. The lowest BCUT2D eigenvalue weighted by Crippen LogP contribution is -2.22. The van der Waals surface area contributed by atoms with Crippen molar-refractivity contribution in [2.45, 2.75) is 13.0 Å². The van der Waals surface area contributed by atoms with Crippen molar-refractivity contribution in [1.29, 1.82) is 0 Å². The van der Waals surface area contributed by atoms with Crippen molar-refractivity contribution >= 4 is 17.0 Å². The zero-order chi connectivity index (χ0) is 14.5. The van der Waals surface area contributed by atoms with Crippen LogP contribution in [0.15, 0.2) is 35.7 Å². The van der Waals surface area contributed by atoms with Crippen LogP contribution in [0, 0.1) is 11.8 Å². The minimum Gasteiger partial charge on any atom is -0.491 e. The Kier molecular flexibility index (Phi) is 4.44. The predicted octanol–water partition coefficient (Wildman–Crippen LogP) is 2.85. The van der Waals surface area contributed by atoms with Gasteiger partial charge in [0.15, 0.2) is 0 Å². The molecule has 108 valence electrons. The van der Waals surface area contributed by atoms with Crippen molar-refractivity contribution in [1.82, 2.24) is 0 Å². The fraction of sp³-hybridized carbons (Fsp3) is 0.294. The van der Waals surface area contributed by atoms with Crippen LogP contribution in [0.4, 0.5) is 5.69 Å². The van der Waals surface area contributed by atoms with E-state index in [0.29, 0.717) is 6.54 Å². The summed E-state index contributed by atoms with van der Waals surface area (Å²) in [6.07, 6.45) is 1.04. The molecule has 0 atom stereocenters. The molecule has 3 nitrogen and oxygen atoms in total. The summed E-state index contributed by atoms with van der Waals surface area (Å²) < 4.78 is 5.80. The molecular weight excluding hydrogens is 280 g/mol. The second-order valence-electron chi connectivity index (χ2n) is 4.90. The zero-order valence-electron chi connectivity index (χ0n) is 11.8. The normalized spacial score (nSPS) is 13.7. The van der Waals surface area contributed by atoms with E-state index in [9.17, 15) is 0 Å². The topological polar surface area (TPSA) is 38.5 Å². The van der Waals surface area contributed by atoms with E-state index in [1.807, 2.05) is 12.1 Å². The van der Waals surface area contributed by atoms with Crippen LogP contribution in [0.25, 0.3) is 0 Å². The number of thiophene rings is 1. The lowest BCUT2D eigenvalue weighted by Gasteiger charge is -2.22. The fourth-order valence-corrected chi connectivity index (χ4v) is 3.26. The number of para-hydroxylation sites is 2. The quantitative estimate of drug-likeness (QED) is 0.867. The molecule has 2 aromatic rings. The number of ether oxygens (including phenoxy) is 1. The Morgan fingerprint density at radius 3 is 3.14 bits per heavy atom. The van der Waals surface area contributed by atoms with E-state index >= 15 is 0 Å². The van der Waals surface area contributed by atoms with E-state index in [1.165, 1.54) is 10.6 Å². The van der Waals surface area contributed by atoms with Crippen LogP contribution in [-0.4, -0.2) is 19.7 Å². The molecule has 1 aliphatic heterocycles. The van der Waals surface area contributed by atoms with Crippen LogP contribution in [0.3, 0.4) is 0 Å². The fourth-order valence-electron chi connectivity index (χ4n) is 2.43. The number of anilines is 1. The first-order valence-corrected chi connectivity index (χ1v) is 7.98. The SMILES string of the molecule is NCC#Cc1csc(CN2CCCOc3ccccc32)c1. The molecule has 0 bridgehead atoms. The Bertz CT molecular complexity index is 669. The minimum absolute atomic E-state index is 0.405. The summed E-state index contributed by atoms with van der Waals surface area (Å²) >= 11 is 1.75. The summed E-state index contributed by atoms with van der Waals surface area (Å²) in [6.45, 7) is 3.10. The third-order valence-electron chi connectivity index (χ3n) is 3.37. The Hall–Kier alpha value is -1.96. The van der Waals surface area contributed by atoms with Crippen molar-refractivity contribution in [2.75, 3.05) is 24.6 Å². The smallest absolute Gasteiger partial charge is 0.142 e. The maximum absolute atomic E-state index is 5.80. The highest BCUT2D eigenvalue weighted by Crippen LogP contribution is 2.32. The average molecular weight is 298 g/mol. The van der Waals surface area contributed by atoms with Gasteiger partial charge in [0.1, 0.15) is 5.75 Å². The molecule has 0 spiro atoms. The Balaban J connectivity index is 1.79. The minimum atomic E-state index is 0.405. The van der Waals surface area contributed by atoms with Crippen molar-refractivity contribution in [2.24, 2.45) is 5.73 Å². The van der Waals surface area contributed by atoms with Gasteiger partial charge in [-0.3, -0.25) is 0 Å². The van der Waals surface area contributed by atoms with Crippen LogP contribution in [0.5, 0.6) is 5.75 Å². The van der Waals surface area contributed by atoms with Crippen LogP contribution in [0.1, 0.15) is 16.9 Å². The van der Waals surface area contributed by atoms with Crippen LogP contribution >= 0.6 is 11.3 Å². The number of nitrogens with zero attached hydrogens (tertiary/aromatic N) is 1. The number of nitrogens with two attached hydrogens (primary N) is 1. The second kappa shape index (κ2) is 6.66. The lowest BCUT2D eigenvalue weighted by molar-refractivity contribution is 0.322. The highest BCUT2D eigenvalue weighted by Gasteiger charge is 2.16. The van der Waals surface area contributed by atoms with Gasteiger partial charge < -0.3 is 15.4 Å². The highest BCUT2D eigenvalue weighted by atomic mass is 32.1. The zero-order valence-corrected chi connectivity index (χ0v) is 12.7. The Morgan fingerprint density at radius 1 is 1.33 bits per heavy atom. The Labute approximate surface area is 129 Å². The number of hydrogen-bond acceptors (Lipinski definition) is 4. The van der Waals surface area contributed by atoms with Gasteiger partial charge in [0.05, 0.1) is 25.4 Å². The largest absolute Gasteiger partial charge is 0.491 e. The van der Waals surface area contributed by atoms with Crippen molar-refractivity contribution in [3.05, 3.63) is 46.2 Å². The monoisotopic (exact) mass is 298 g/mol. The number of rotatable bonds is 2. The van der Waals surface area contributed by atoms with Gasteiger partial charge in [0.2, 0.25) is 0 Å². The van der Waals surface area contributed by atoms with Gasteiger partial charge in [-0.2, -0.15) is 0 Å². The molecule has 1 aromatic carbocycles. The molecule has 1 aromatic heterocycles. The van der Waals surface area contributed by atoms with E-state index in [0.717, 1.165) is 37.4 Å². The number of benzene rings is 1.